The van der Waals surface area contributed by atoms with Crippen LogP contribution in [-0.4, -0.2) is 19.7 Å². The Bertz CT molecular complexity index is 1020. The maximum Gasteiger partial charge on any atom is 0.328 e. The summed E-state index contributed by atoms with van der Waals surface area (Å²) in [5.41, 5.74) is 3.84. The van der Waals surface area contributed by atoms with Gasteiger partial charge < -0.3 is 4.52 Å². The van der Waals surface area contributed by atoms with E-state index < -0.39 is 0 Å². The Morgan fingerprint density at radius 3 is 2.96 bits per heavy atom. The van der Waals surface area contributed by atoms with Gasteiger partial charge in [0.1, 0.15) is 5.76 Å². The Hall–Kier alpha value is -2.67. The molecule has 0 bridgehead atoms. The molecule has 4 rings (SSSR count). The van der Waals surface area contributed by atoms with Crippen molar-refractivity contribution < 1.29 is 4.52 Å². The van der Waals surface area contributed by atoms with E-state index in [2.05, 4.69) is 15.1 Å². The fraction of sp³-hybridized carbons (Fsp3) is 0.188. The van der Waals surface area contributed by atoms with Crippen molar-refractivity contribution in [3.63, 3.8) is 0 Å². The van der Waals surface area contributed by atoms with Crippen LogP contribution in [0.5, 0.6) is 0 Å². The number of aromatic nitrogens is 4. The predicted octanol–water partition coefficient (Wildman–Crippen LogP) is 3.11. The first kappa shape index (κ1) is 14.0. The zero-order valence-corrected chi connectivity index (χ0v) is 13.5. The smallest absolute Gasteiger partial charge is 0.328 e. The summed E-state index contributed by atoms with van der Waals surface area (Å²) in [7, 11) is 0. The lowest BCUT2D eigenvalue weighted by molar-refractivity contribution is 0.393. The van der Waals surface area contributed by atoms with Gasteiger partial charge in [-0.3, -0.25) is 9.55 Å². The molecule has 0 fully saturated rings. The third kappa shape index (κ3) is 2.29. The van der Waals surface area contributed by atoms with Crippen molar-refractivity contribution in [2.24, 2.45) is 0 Å². The first-order valence-electron chi connectivity index (χ1n) is 7.17. The number of fused-ring (bicyclic) bond motifs is 1. The number of hydrogen-bond donors (Lipinski definition) is 1. The Morgan fingerprint density at radius 2 is 2.26 bits per heavy atom. The summed E-state index contributed by atoms with van der Waals surface area (Å²) in [6.07, 6.45) is 1.74. The van der Waals surface area contributed by atoms with Gasteiger partial charge >= 0.3 is 5.69 Å². The quantitative estimate of drug-likeness (QED) is 0.627. The third-order valence-corrected chi connectivity index (χ3v) is 4.71. The number of thiophene rings is 1. The van der Waals surface area contributed by atoms with E-state index in [1.165, 1.54) is 0 Å². The normalized spacial score (nSPS) is 11.4. The summed E-state index contributed by atoms with van der Waals surface area (Å²) < 4.78 is 6.93. The molecular weight excluding hydrogens is 312 g/mol. The summed E-state index contributed by atoms with van der Waals surface area (Å²) in [6, 6.07) is 5.95. The van der Waals surface area contributed by atoms with Crippen LogP contribution in [0.4, 0.5) is 0 Å². The third-order valence-electron chi connectivity index (χ3n) is 3.84. The molecule has 0 aliphatic heterocycles. The molecule has 0 saturated carbocycles. The molecule has 0 aliphatic rings. The van der Waals surface area contributed by atoms with Crippen molar-refractivity contribution in [2.75, 3.05) is 0 Å². The minimum Gasteiger partial charge on any atom is -0.361 e. The average molecular weight is 326 g/mol. The van der Waals surface area contributed by atoms with Crippen molar-refractivity contribution in [3.05, 3.63) is 56.6 Å². The van der Waals surface area contributed by atoms with E-state index in [0.717, 1.165) is 33.0 Å². The number of imidazole rings is 1. The summed E-state index contributed by atoms with van der Waals surface area (Å²) >= 11 is 1.63. The van der Waals surface area contributed by atoms with E-state index in [1.54, 1.807) is 22.1 Å². The summed E-state index contributed by atoms with van der Waals surface area (Å²) in [4.78, 5) is 20.5. The van der Waals surface area contributed by atoms with Crippen LogP contribution in [-0.2, 0) is 6.54 Å². The number of nitrogens with zero attached hydrogens (tertiary/aromatic N) is 3. The van der Waals surface area contributed by atoms with Gasteiger partial charge in [0, 0.05) is 22.2 Å². The van der Waals surface area contributed by atoms with E-state index in [1.807, 2.05) is 37.4 Å². The molecule has 7 heteroatoms. The Morgan fingerprint density at radius 1 is 1.39 bits per heavy atom. The zero-order chi connectivity index (χ0) is 16.0. The van der Waals surface area contributed by atoms with Crippen molar-refractivity contribution in [3.8, 4) is 11.1 Å². The van der Waals surface area contributed by atoms with E-state index in [0.29, 0.717) is 12.2 Å². The molecule has 4 aromatic rings. The highest BCUT2D eigenvalue weighted by Crippen LogP contribution is 2.28. The van der Waals surface area contributed by atoms with Gasteiger partial charge in [-0.05, 0) is 31.4 Å². The molecule has 116 valence electrons. The van der Waals surface area contributed by atoms with E-state index in [9.17, 15) is 4.79 Å². The Kier molecular flexibility index (Phi) is 3.16. The summed E-state index contributed by atoms with van der Waals surface area (Å²) in [5, 5.41) is 5.99. The topological polar surface area (TPSA) is 76.7 Å². The van der Waals surface area contributed by atoms with Crippen molar-refractivity contribution >= 4 is 22.5 Å². The fourth-order valence-corrected chi connectivity index (χ4v) is 3.47. The number of aromatic amines is 1. The first-order chi connectivity index (χ1) is 11.1. The lowest BCUT2D eigenvalue weighted by atomic mass is 10.1. The molecule has 0 spiro atoms. The Labute approximate surface area is 135 Å². The summed E-state index contributed by atoms with van der Waals surface area (Å²) in [6.45, 7) is 4.30. The summed E-state index contributed by atoms with van der Waals surface area (Å²) in [5.74, 6) is 0.742. The minimum atomic E-state index is -0.156. The molecule has 1 N–H and O–H groups in total. The van der Waals surface area contributed by atoms with Crippen LogP contribution in [0.25, 0.3) is 22.3 Å². The van der Waals surface area contributed by atoms with Crippen LogP contribution in [0.3, 0.4) is 0 Å². The number of aryl methyl sites for hydroxylation is 2. The second kappa shape index (κ2) is 5.20. The van der Waals surface area contributed by atoms with Gasteiger partial charge in [-0.15, -0.1) is 11.3 Å². The minimum absolute atomic E-state index is 0.156. The average Bonchev–Trinajstić information content (AvgIpc) is 3.22. The molecule has 6 nitrogen and oxygen atoms in total. The molecule has 0 aromatic carbocycles. The van der Waals surface area contributed by atoms with Crippen LogP contribution in [0.15, 0.2) is 39.1 Å². The highest BCUT2D eigenvalue weighted by atomic mass is 32.1. The van der Waals surface area contributed by atoms with Gasteiger partial charge in [-0.2, -0.15) is 0 Å². The predicted molar refractivity (Wildman–Crippen MR) is 88.7 cm³/mol. The maximum atomic E-state index is 12.2. The van der Waals surface area contributed by atoms with E-state index in [4.69, 9.17) is 4.52 Å². The second-order valence-corrected chi connectivity index (χ2v) is 6.42. The molecule has 0 aliphatic carbocycles. The van der Waals surface area contributed by atoms with Gasteiger partial charge in [-0.25, -0.2) is 9.78 Å². The number of H-pyrrole nitrogens is 1. The van der Waals surface area contributed by atoms with Crippen LogP contribution in [0.1, 0.15) is 16.3 Å². The second-order valence-electron chi connectivity index (χ2n) is 5.39. The number of rotatable bonds is 3. The molecule has 4 heterocycles. The van der Waals surface area contributed by atoms with E-state index in [-0.39, 0.29) is 5.69 Å². The molecule has 23 heavy (non-hydrogen) atoms. The van der Waals surface area contributed by atoms with Crippen molar-refractivity contribution in [1.29, 1.82) is 0 Å². The number of pyridine rings is 1. The number of hydrogen-bond acceptors (Lipinski definition) is 5. The lowest BCUT2D eigenvalue weighted by Crippen LogP contribution is -2.16. The van der Waals surface area contributed by atoms with Crippen LogP contribution >= 0.6 is 11.3 Å². The maximum absolute atomic E-state index is 12.2. The van der Waals surface area contributed by atoms with Crippen LogP contribution < -0.4 is 5.69 Å². The highest BCUT2D eigenvalue weighted by molar-refractivity contribution is 7.09. The highest BCUT2D eigenvalue weighted by Gasteiger charge is 2.15. The number of nitrogens with one attached hydrogen (secondary N) is 1. The SMILES string of the molecule is Cc1noc(C)c1-c1cnc2[nH]c(=O)n(Cc3cccs3)c2c1. The van der Waals surface area contributed by atoms with Gasteiger partial charge in [-0.1, -0.05) is 11.2 Å². The standard InChI is InChI=1S/C16H14N4O2S/c1-9-14(10(2)22-19-9)11-6-13-15(17-7-11)18-16(21)20(13)8-12-4-3-5-23-12/h3-7H,8H2,1-2H3,(H,17,18,21). The largest absolute Gasteiger partial charge is 0.361 e. The van der Waals surface area contributed by atoms with E-state index >= 15 is 0 Å². The van der Waals surface area contributed by atoms with Crippen molar-refractivity contribution in [1.82, 2.24) is 19.7 Å². The van der Waals surface area contributed by atoms with Crippen LogP contribution in [0, 0.1) is 13.8 Å². The Balaban J connectivity index is 1.89. The molecular formula is C16H14N4O2S. The van der Waals surface area contributed by atoms with Gasteiger partial charge in [0.15, 0.2) is 5.65 Å². The fourth-order valence-electron chi connectivity index (χ4n) is 2.78. The molecule has 0 radical (unpaired) electrons. The lowest BCUT2D eigenvalue weighted by Gasteiger charge is -2.03. The first-order valence-corrected chi connectivity index (χ1v) is 8.05. The van der Waals surface area contributed by atoms with Gasteiger partial charge in [0.05, 0.1) is 17.8 Å². The molecule has 0 unspecified atom stereocenters. The van der Waals surface area contributed by atoms with Crippen LogP contribution in [0.2, 0.25) is 0 Å². The van der Waals surface area contributed by atoms with Crippen molar-refractivity contribution in [2.45, 2.75) is 20.4 Å². The molecule has 0 saturated heterocycles. The van der Waals surface area contributed by atoms with Gasteiger partial charge in [0.2, 0.25) is 0 Å². The molecule has 4 aromatic heterocycles. The van der Waals surface area contributed by atoms with Gasteiger partial charge in [0.25, 0.3) is 0 Å². The molecule has 0 atom stereocenters. The monoisotopic (exact) mass is 326 g/mol. The zero-order valence-electron chi connectivity index (χ0n) is 12.7. The molecule has 0 amide bonds.